The lowest BCUT2D eigenvalue weighted by Gasteiger charge is -2.09. The van der Waals surface area contributed by atoms with Crippen LogP contribution in [0.1, 0.15) is 11.3 Å². The van der Waals surface area contributed by atoms with Crippen LogP contribution in [0.2, 0.25) is 0 Å². The van der Waals surface area contributed by atoms with Crippen molar-refractivity contribution < 1.29 is 13.2 Å². The van der Waals surface area contributed by atoms with Gasteiger partial charge in [0.2, 0.25) is 0 Å². The van der Waals surface area contributed by atoms with Gasteiger partial charge in [-0.05, 0) is 6.92 Å². The normalized spacial score (nSPS) is 10.3. The van der Waals surface area contributed by atoms with Crippen molar-refractivity contribution >= 4 is 11.5 Å². The van der Waals surface area contributed by atoms with E-state index in [1.54, 1.807) is 6.92 Å². The number of halogens is 3. The lowest BCUT2D eigenvalue weighted by Crippen LogP contribution is -2.03. The third kappa shape index (κ3) is 2.25. The summed E-state index contributed by atoms with van der Waals surface area (Å²) in [7, 11) is 1.53. The van der Waals surface area contributed by atoms with E-state index >= 15 is 0 Å². The van der Waals surface area contributed by atoms with E-state index in [-0.39, 0.29) is 11.4 Å². The maximum Gasteiger partial charge on any atom is 0.182 e. The van der Waals surface area contributed by atoms with Crippen molar-refractivity contribution in [2.45, 2.75) is 6.92 Å². The van der Waals surface area contributed by atoms with Gasteiger partial charge < -0.3 is 5.32 Å². The number of aromatic nitrogens is 2. The molecule has 0 saturated heterocycles. The van der Waals surface area contributed by atoms with E-state index in [4.69, 9.17) is 5.26 Å². The molecule has 1 heterocycles. The Morgan fingerprint density at radius 1 is 1.32 bits per heavy atom. The predicted octanol–water partition coefficient (Wildman–Crippen LogP) is 2.76. The smallest absolute Gasteiger partial charge is 0.182 e. The second-order valence-electron chi connectivity index (χ2n) is 3.92. The van der Waals surface area contributed by atoms with Crippen LogP contribution in [0.15, 0.2) is 12.1 Å². The monoisotopic (exact) mass is 266 g/mol. The molecule has 0 radical (unpaired) electrons. The van der Waals surface area contributed by atoms with Gasteiger partial charge in [0.15, 0.2) is 11.6 Å². The zero-order valence-corrected chi connectivity index (χ0v) is 10.1. The molecule has 7 heteroatoms. The molecule has 0 saturated carbocycles. The Morgan fingerprint density at radius 2 is 2.00 bits per heavy atom. The number of nitrogens with one attached hydrogen (secondary N) is 1. The number of aryl methyl sites for hydroxylation is 2. The van der Waals surface area contributed by atoms with E-state index in [9.17, 15) is 13.2 Å². The number of nitriles is 1. The summed E-state index contributed by atoms with van der Waals surface area (Å²) in [5.74, 6) is -3.27. The van der Waals surface area contributed by atoms with Gasteiger partial charge in [-0.15, -0.1) is 0 Å². The van der Waals surface area contributed by atoms with E-state index in [1.807, 2.05) is 6.07 Å². The van der Waals surface area contributed by atoms with Gasteiger partial charge in [-0.25, -0.2) is 13.2 Å². The maximum absolute atomic E-state index is 13.5. The van der Waals surface area contributed by atoms with Crippen molar-refractivity contribution in [3.63, 3.8) is 0 Å². The number of hydrogen-bond acceptors (Lipinski definition) is 3. The highest BCUT2D eigenvalue weighted by Gasteiger charge is 2.17. The van der Waals surface area contributed by atoms with Gasteiger partial charge in [0.05, 0.1) is 11.4 Å². The van der Waals surface area contributed by atoms with Crippen LogP contribution in [0.4, 0.5) is 24.7 Å². The van der Waals surface area contributed by atoms with Crippen molar-refractivity contribution in [1.29, 1.82) is 5.26 Å². The zero-order valence-electron chi connectivity index (χ0n) is 10.1. The Morgan fingerprint density at radius 3 is 2.63 bits per heavy atom. The summed E-state index contributed by atoms with van der Waals surface area (Å²) in [6.45, 7) is 1.60. The molecule has 4 nitrogen and oxygen atoms in total. The van der Waals surface area contributed by atoms with Crippen LogP contribution in [0.25, 0.3) is 0 Å². The lowest BCUT2D eigenvalue weighted by molar-refractivity contribution is 0.498. The Balaban J connectivity index is 2.51. The van der Waals surface area contributed by atoms with Crippen molar-refractivity contribution in [3.05, 3.63) is 40.8 Å². The van der Waals surface area contributed by atoms with Crippen molar-refractivity contribution in [2.75, 3.05) is 5.32 Å². The summed E-state index contributed by atoms with van der Waals surface area (Å²) in [4.78, 5) is 0. The fourth-order valence-corrected chi connectivity index (χ4v) is 1.71. The van der Waals surface area contributed by atoms with Crippen molar-refractivity contribution in [3.8, 4) is 6.07 Å². The molecule has 0 bridgehead atoms. The summed E-state index contributed by atoms with van der Waals surface area (Å²) < 4.78 is 41.0. The molecule has 19 heavy (non-hydrogen) atoms. The van der Waals surface area contributed by atoms with Crippen LogP contribution in [-0.4, -0.2) is 9.78 Å². The zero-order chi connectivity index (χ0) is 14.2. The molecule has 2 aromatic rings. The van der Waals surface area contributed by atoms with Crippen LogP contribution >= 0.6 is 0 Å². The Labute approximate surface area is 107 Å². The molecule has 0 aliphatic carbocycles. The number of hydrogen-bond donors (Lipinski definition) is 1. The molecular formula is C12H9F3N4. The van der Waals surface area contributed by atoms with Crippen LogP contribution in [0.3, 0.4) is 0 Å². The van der Waals surface area contributed by atoms with E-state index in [1.165, 1.54) is 11.7 Å². The molecule has 98 valence electrons. The Hall–Kier alpha value is -2.49. The molecule has 0 atom stereocenters. The number of rotatable bonds is 2. The third-order valence-electron chi connectivity index (χ3n) is 2.58. The standard InChI is InChI=1S/C12H9F3N4/c1-6-8(5-16)12(19(2)18-6)17-10-4-7(13)3-9(14)11(10)15/h3-4,17H,1-2H3. The average molecular weight is 266 g/mol. The second-order valence-corrected chi connectivity index (χ2v) is 3.92. The molecule has 2 rings (SSSR count). The van der Waals surface area contributed by atoms with Gasteiger partial charge in [-0.1, -0.05) is 0 Å². The molecule has 0 unspecified atom stereocenters. The second kappa shape index (κ2) is 4.65. The fraction of sp³-hybridized carbons (Fsp3) is 0.167. The molecular weight excluding hydrogens is 257 g/mol. The third-order valence-corrected chi connectivity index (χ3v) is 2.58. The summed E-state index contributed by atoms with van der Waals surface area (Å²) in [6.07, 6.45) is 0. The molecule has 0 aliphatic rings. The van der Waals surface area contributed by atoms with Crippen LogP contribution in [-0.2, 0) is 7.05 Å². The minimum Gasteiger partial charge on any atom is -0.337 e. The highest BCUT2D eigenvalue weighted by atomic mass is 19.2. The fourth-order valence-electron chi connectivity index (χ4n) is 1.71. The van der Waals surface area contributed by atoms with Gasteiger partial charge in [0, 0.05) is 19.2 Å². The molecule has 1 aromatic heterocycles. The first-order valence-corrected chi connectivity index (χ1v) is 5.29. The van der Waals surface area contributed by atoms with Crippen LogP contribution in [0.5, 0.6) is 0 Å². The summed E-state index contributed by atoms with van der Waals surface area (Å²) in [6, 6.07) is 3.15. The molecule has 1 aromatic carbocycles. The number of anilines is 2. The molecule has 1 N–H and O–H groups in total. The van der Waals surface area contributed by atoms with Gasteiger partial charge >= 0.3 is 0 Å². The summed E-state index contributed by atoms with van der Waals surface area (Å²) in [5.41, 5.74) is 0.230. The topological polar surface area (TPSA) is 53.6 Å². The Bertz CT molecular complexity index is 685. The molecule has 0 amide bonds. The highest BCUT2D eigenvalue weighted by molar-refractivity contribution is 5.64. The van der Waals surface area contributed by atoms with Crippen LogP contribution in [0, 0.1) is 35.7 Å². The van der Waals surface area contributed by atoms with Gasteiger partial charge in [0.25, 0.3) is 0 Å². The minimum atomic E-state index is -1.31. The van der Waals surface area contributed by atoms with Crippen LogP contribution < -0.4 is 5.32 Å². The van der Waals surface area contributed by atoms with Crippen molar-refractivity contribution in [2.24, 2.45) is 7.05 Å². The summed E-state index contributed by atoms with van der Waals surface area (Å²) >= 11 is 0. The van der Waals surface area contributed by atoms with Crippen molar-refractivity contribution in [1.82, 2.24) is 9.78 Å². The first-order valence-electron chi connectivity index (χ1n) is 5.29. The lowest BCUT2D eigenvalue weighted by atomic mass is 10.2. The first-order chi connectivity index (χ1) is 8.93. The molecule has 0 aliphatic heterocycles. The Kier molecular flexibility index (Phi) is 3.17. The first kappa shape index (κ1) is 13.0. The number of nitrogens with zero attached hydrogens (tertiary/aromatic N) is 3. The highest BCUT2D eigenvalue weighted by Crippen LogP contribution is 2.26. The predicted molar refractivity (Wildman–Crippen MR) is 62.3 cm³/mol. The van der Waals surface area contributed by atoms with E-state index in [2.05, 4.69) is 10.4 Å². The maximum atomic E-state index is 13.5. The molecule has 0 fully saturated rings. The van der Waals surface area contributed by atoms with Gasteiger partial charge in [-0.2, -0.15) is 10.4 Å². The van der Waals surface area contributed by atoms with Gasteiger partial charge in [-0.3, -0.25) is 4.68 Å². The van der Waals surface area contributed by atoms with E-state index < -0.39 is 23.1 Å². The summed E-state index contributed by atoms with van der Waals surface area (Å²) in [5, 5.41) is 15.4. The molecule has 0 spiro atoms. The minimum absolute atomic E-state index is 0.170. The average Bonchev–Trinajstić information content (AvgIpc) is 2.60. The number of benzene rings is 1. The van der Waals surface area contributed by atoms with E-state index in [0.717, 1.165) is 6.07 Å². The quantitative estimate of drug-likeness (QED) is 0.850. The SMILES string of the molecule is Cc1nn(C)c(Nc2cc(F)cc(F)c2F)c1C#N. The van der Waals surface area contributed by atoms with Gasteiger partial charge in [0.1, 0.15) is 23.3 Å². The largest absolute Gasteiger partial charge is 0.337 e. The van der Waals surface area contributed by atoms with E-state index in [0.29, 0.717) is 11.8 Å².